The molecule has 4 atom stereocenters. The Morgan fingerprint density at radius 3 is 2.38 bits per heavy atom. The minimum atomic E-state index is 0.399. The summed E-state index contributed by atoms with van der Waals surface area (Å²) in [5.41, 5.74) is 6.53. The molecule has 2 N–H and O–H groups in total. The predicted octanol–water partition coefficient (Wildman–Crippen LogP) is 2.73. The molecule has 0 aromatic carbocycles. The van der Waals surface area contributed by atoms with Crippen LogP contribution in [-0.4, -0.2) is 30.1 Å². The maximum absolute atomic E-state index is 6.12. The van der Waals surface area contributed by atoms with Crippen LogP contribution in [0.1, 0.15) is 48.0 Å². The highest BCUT2D eigenvalue weighted by Crippen LogP contribution is 2.29. The second kappa shape index (κ2) is 5.05. The lowest BCUT2D eigenvalue weighted by Gasteiger charge is -2.44. The first-order chi connectivity index (χ1) is 7.23. The SMILES string of the molecule is CC1C(N)CCN(CC(C)C(C)(C)C)C1C. The summed E-state index contributed by atoms with van der Waals surface area (Å²) in [5.74, 6) is 1.36. The van der Waals surface area contributed by atoms with Crippen molar-refractivity contribution in [2.45, 2.75) is 60.0 Å². The summed E-state index contributed by atoms with van der Waals surface area (Å²) >= 11 is 0. The van der Waals surface area contributed by atoms with Gasteiger partial charge in [-0.1, -0.05) is 34.6 Å². The highest BCUT2D eigenvalue weighted by atomic mass is 15.2. The second-order valence-corrected chi connectivity index (χ2v) is 6.81. The molecule has 0 spiro atoms. The van der Waals surface area contributed by atoms with Crippen LogP contribution >= 0.6 is 0 Å². The first-order valence-electron chi connectivity index (χ1n) is 6.73. The van der Waals surface area contributed by atoms with Gasteiger partial charge in [0.05, 0.1) is 0 Å². The number of rotatable bonds is 2. The monoisotopic (exact) mass is 226 g/mol. The summed E-state index contributed by atoms with van der Waals surface area (Å²) in [7, 11) is 0. The van der Waals surface area contributed by atoms with E-state index in [0.717, 1.165) is 12.3 Å². The number of hydrogen-bond acceptors (Lipinski definition) is 2. The van der Waals surface area contributed by atoms with E-state index in [2.05, 4.69) is 46.4 Å². The highest BCUT2D eigenvalue weighted by molar-refractivity contribution is 4.88. The molecule has 1 aliphatic rings. The van der Waals surface area contributed by atoms with E-state index < -0.39 is 0 Å². The van der Waals surface area contributed by atoms with Crippen LogP contribution in [0.2, 0.25) is 0 Å². The lowest BCUT2D eigenvalue weighted by molar-refractivity contribution is 0.0620. The Kier molecular flexibility index (Phi) is 4.42. The minimum Gasteiger partial charge on any atom is -0.327 e. The van der Waals surface area contributed by atoms with Gasteiger partial charge in [-0.3, -0.25) is 4.90 Å². The third-order valence-electron chi connectivity index (χ3n) is 4.75. The molecule has 2 heteroatoms. The van der Waals surface area contributed by atoms with Crippen LogP contribution in [0.15, 0.2) is 0 Å². The molecule has 16 heavy (non-hydrogen) atoms. The molecule has 1 heterocycles. The summed E-state index contributed by atoms with van der Waals surface area (Å²) in [5, 5.41) is 0. The van der Waals surface area contributed by atoms with Crippen molar-refractivity contribution in [2.75, 3.05) is 13.1 Å². The molecule has 1 rings (SSSR count). The lowest BCUT2D eigenvalue weighted by Crippen LogP contribution is -2.53. The van der Waals surface area contributed by atoms with Crippen molar-refractivity contribution in [3.8, 4) is 0 Å². The van der Waals surface area contributed by atoms with Crippen LogP contribution in [0.4, 0.5) is 0 Å². The van der Waals surface area contributed by atoms with Gasteiger partial charge in [0.1, 0.15) is 0 Å². The minimum absolute atomic E-state index is 0.399. The molecule has 96 valence electrons. The maximum atomic E-state index is 6.12. The van der Waals surface area contributed by atoms with Gasteiger partial charge in [0, 0.05) is 18.6 Å². The van der Waals surface area contributed by atoms with Crippen LogP contribution in [0, 0.1) is 17.3 Å². The van der Waals surface area contributed by atoms with E-state index in [-0.39, 0.29) is 0 Å². The predicted molar refractivity (Wildman–Crippen MR) is 71.4 cm³/mol. The van der Waals surface area contributed by atoms with Crippen molar-refractivity contribution in [3.63, 3.8) is 0 Å². The third-order valence-corrected chi connectivity index (χ3v) is 4.75. The fourth-order valence-corrected chi connectivity index (χ4v) is 2.35. The molecule has 4 unspecified atom stereocenters. The van der Waals surface area contributed by atoms with Crippen molar-refractivity contribution >= 4 is 0 Å². The number of piperidine rings is 1. The van der Waals surface area contributed by atoms with Gasteiger partial charge in [-0.15, -0.1) is 0 Å². The zero-order chi connectivity index (χ0) is 12.5. The molecule has 2 nitrogen and oxygen atoms in total. The zero-order valence-corrected chi connectivity index (χ0v) is 12.0. The van der Waals surface area contributed by atoms with Gasteiger partial charge in [0.15, 0.2) is 0 Å². The topological polar surface area (TPSA) is 29.3 Å². The van der Waals surface area contributed by atoms with E-state index in [1.54, 1.807) is 0 Å². The van der Waals surface area contributed by atoms with E-state index in [1.807, 2.05) is 0 Å². The number of nitrogens with two attached hydrogens (primary N) is 1. The van der Waals surface area contributed by atoms with E-state index in [0.29, 0.717) is 23.4 Å². The van der Waals surface area contributed by atoms with Gasteiger partial charge in [0.2, 0.25) is 0 Å². The molecular formula is C14H30N2. The first-order valence-corrected chi connectivity index (χ1v) is 6.73. The summed E-state index contributed by atoms with van der Waals surface area (Å²) in [6.45, 7) is 16.4. The van der Waals surface area contributed by atoms with E-state index in [1.165, 1.54) is 13.1 Å². The van der Waals surface area contributed by atoms with Crippen molar-refractivity contribution in [2.24, 2.45) is 23.0 Å². The largest absolute Gasteiger partial charge is 0.327 e. The fourth-order valence-electron chi connectivity index (χ4n) is 2.35. The summed E-state index contributed by atoms with van der Waals surface area (Å²) in [6.07, 6.45) is 1.16. The van der Waals surface area contributed by atoms with Gasteiger partial charge in [-0.2, -0.15) is 0 Å². The summed E-state index contributed by atoms with van der Waals surface area (Å²) in [4.78, 5) is 2.63. The molecule has 1 saturated heterocycles. The van der Waals surface area contributed by atoms with E-state index in [9.17, 15) is 0 Å². The maximum Gasteiger partial charge on any atom is 0.0107 e. The number of likely N-dealkylation sites (tertiary alicyclic amines) is 1. The summed E-state index contributed by atoms with van der Waals surface area (Å²) in [6, 6.07) is 1.03. The van der Waals surface area contributed by atoms with Gasteiger partial charge < -0.3 is 5.73 Å². The molecule has 1 fully saturated rings. The second-order valence-electron chi connectivity index (χ2n) is 6.81. The Morgan fingerprint density at radius 1 is 1.31 bits per heavy atom. The average molecular weight is 226 g/mol. The van der Waals surface area contributed by atoms with Gasteiger partial charge >= 0.3 is 0 Å². The zero-order valence-electron chi connectivity index (χ0n) is 12.0. The normalized spacial score (nSPS) is 35.1. The van der Waals surface area contributed by atoms with Gasteiger partial charge in [0.25, 0.3) is 0 Å². The van der Waals surface area contributed by atoms with Crippen LogP contribution < -0.4 is 5.73 Å². The molecule has 0 aliphatic carbocycles. The molecule has 0 radical (unpaired) electrons. The number of hydrogen-bond donors (Lipinski definition) is 1. The van der Waals surface area contributed by atoms with Crippen molar-refractivity contribution in [1.82, 2.24) is 4.90 Å². The molecule has 0 aromatic heterocycles. The average Bonchev–Trinajstić information content (AvgIpc) is 2.17. The van der Waals surface area contributed by atoms with E-state index in [4.69, 9.17) is 5.73 Å². The van der Waals surface area contributed by atoms with Crippen LogP contribution in [0.5, 0.6) is 0 Å². The molecule has 0 amide bonds. The highest BCUT2D eigenvalue weighted by Gasteiger charge is 2.32. The smallest absolute Gasteiger partial charge is 0.0107 e. The van der Waals surface area contributed by atoms with Crippen LogP contribution in [-0.2, 0) is 0 Å². The van der Waals surface area contributed by atoms with Crippen molar-refractivity contribution in [1.29, 1.82) is 0 Å². The Balaban J connectivity index is 2.55. The summed E-state index contributed by atoms with van der Waals surface area (Å²) < 4.78 is 0. The van der Waals surface area contributed by atoms with Crippen LogP contribution in [0.3, 0.4) is 0 Å². The van der Waals surface area contributed by atoms with Crippen molar-refractivity contribution < 1.29 is 0 Å². The van der Waals surface area contributed by atoms with Crippen molar-refractivity contribution in [3.05, 3.63) is 0 Å². The molecule has 0 bridgehead atoms. The van der Waals surface area contributed by atoms with E-state index >= 15 is 0 Å². The molecular weight excluding hydrogens is 196 g/mol. The van der Waals surface area contributed by atoms with Gasteiger partial charge in [-0.25, -0.2) is 0 Å². The molecule has 1 aliphatic heterocycles. The number of nitrogens with zero attached hydrogens (tertiary/aromatic N) is 1. The Bertz CT molecular complexity index is 219. The Morgan fingerprint density at radius 2 is 1.88 bits per heavy atom. The molecule has 0 saturated carbocycles. The third kappa shape index (κ3) is 3.21. The first kappa shape index (κ1) is 14.0. The van der Waals surface area contributed by atoms with Gasteiger partial charge in [-0.05, 0) is 37.1 Å². The quantitative estimate of drug-likeness (QED) is 0.784. The lowest BCUT2D eigenvalue weighted by atomic mass is 9.80. The molecule has 0 aromatic rings. The van der Waals surface area contributed by atoms with Crippen LogP contribution in [0.25, 0.3) is 0 Å². The standard InChI is InChI=1S/C14H30N2/c1-10(14(4,5)6)9-16-8-7-13(15)11(2)12(16)3/h10-13H,7-9,15H2,1-6H3. The Labute approximate surface area is 102 Å². The Hall–Kier alpha value is -0.0800. The fraction of sp³-hybridized carbons (Fsp3) is 1.00.